The molecule has 1 fully saturated rings. The minimum Gasteiger partial charge on any atom is -0.394 e. The van der Waals surface area contributed by atoms with Crippen molar-refractivity contribution >= 4 is 0 Å². The number of rotatable bonds is 5. The van der Waals surface area contributed by atoms with Crippen LogP contribution in [0.2, 0.25) is 0 Å². The van der Waals surface area contributed by atoms with E-state index in [-0.39, 0.29) is 5.57 Å². The fraction of sp³-hybridized carbons (Fsp3) is 0.857. The first kappa shape index (κ1) is 19.7. The molecule has 10 heteroatoms. The average Bonchev–Trinajstić information content (AvgIpc) is 2.59. The molecule has 10 nitrogen and oxygen atoms in total. The van der Waals surface area contributed by atoms with Gasteiger partial charge in [-0.15, -0.1) is 0 Å². The summed E-state index contributed by atoms with van der Waals surface area (Å²) in [6.07, 6.45) is -7.90. The largest absolute Gasteiger partial charge is 0.394 e. The van der Waals surface area contributed by atoms with Crippen LogP contribution in [0, 0.1) is 0 Å². The summed E-state index contributed by atoms with van der Waals surface area (Å²) < 4.78 is 10.2. The average molecular weight is 351 g/mol. The Morgan fingerprint density at radius 1 is 1.04 bits per heavy atom. The lowest BCUT2D eigenvalue weighted by molar-refractivity contribution is -0.273. The molecule has 0 aromatic rings. The van der Waals surface area contributed by atoms with Crippen LogP contribution in [-0.4, -0.2) is 111 Å². The summed E-state index contributed by atoms with van der Waals surface area (Å²) in [4.78, 5) is 0. The third-order valence-electron chi connectivity index (χ3n) is 4.50. The minimum absolute atomic E-state index is 0.104. The molecule has 0 saturated carbocycles. The normalized spacial score (nSPS) is 46.7. The maximum Gasteiger partial charge on any atom is 0.186 e. The highest BCUT2D eigenvalue weighted by molar-refractivity contribution is 5.22. The Morgan fingerprint density at radius 2 is 1.71 bits per heavy atom. The van der Waals surface area contributed by atoms with E-state index in [9.17, 15) is 35.7 Å². The number of methoxy groups -OCH3 is 1. The van der Waals surface area contributed by atoms with Crippen LogP contribution in [0.3, 0.4) is 0 Å². The molecule has 0 spiro atoms. The minimum atomic E-state index is -1.54. The Bertz CT molecular complexity index is 446. The predicted octanol–water partition coefficient (Wildman–Crippen LogP) is -4.59. The van der Waals surface area contributed by atoms with Crippen LogP contribution < -0.4 is 5.32 Å². The van der Waals surface area contributed by atoms with Gasteiger partial charge in [0.2, 0.25) is 0 Å². The predicted molar refractivity (Wildman–Crippen MR) is 78.7 cm³/mol. The van der Waals surface area contributed by atoms with Crippen molar-refractivity contribution in [2.75, 3.05) is 20.3 Å². The zero-order chi connectivity index (χ0) is 18.0. The molecular formula is C14H25NO9. The highest BCUT2D eigenvalue weighted by Gasteiger charge is 2.47. The lowest BCUT2D eigenvalue weighted by Gasteiger charge is -2.44. The lowest BCUT2D eigenvalue weighted by Crippen LogP contribution is -2.67. The number of nitrogens with one attached hydrogen (secondary N) is 1. The maximum absolute atomic E-state index is 10.3. The fourth-order valence-electron chi connectivity index (χ4n) is 3.05. The highest BCUT2D eigenvalue weighted by atomic mass is 16.7. The number of hydrogen-bond acceptors (Lipinski definition) is 10. The fourth-order valence-corrected chi connectivity index (χ4v) is 3.05. The van der Waals surface area contributed by atoms with E-state index in [1.165, 1.54) is 13.2 Å². The van der Waals surface area contributed by atoms with Crippen molar-refractivity contribution in [3.8, 4) is 0 Å². The zero-order valence-corrected chi connectivity index (χ0v) is 13.1. The molecule has 1 saturated heterocycles. The van der Waals surface area contributed by atoms with Crippen LogP contribution in [0.5, 0.6) is 0 Å². The van der Waals surface area contributed by atoms with Crippen molar-refractivity contribution in [3.63, 3.8) is 0 Å². The molecular weight excluding hydrogens is 326 g/mol. The Hall–Kier alpha value is -0.660. The summed E-state index contributed by atoms with van der Waals surface area (Å²) in [5.41, 5.74) is 0.104. The van der Waals surface area contributed by atoms with Gasteiger partial charge in [-0.1, -0.05) is 6.08 Å². The molecule has 1 heterocycles. The first-order valence-electron chi connectivity index (χ1n) is 7.62. The Labute approximate surface area is 138 Å². The van der Waals surface area contributed by atoms with Gasteiger partial charge in [-0.3, -0.25) is 0 Å². The number of hydrogen-bond donors (Lipinski definition) is 8. The summed E-state index contributed by atoms with van der Waals surface area (Å²) >= 11 is 0. The molecule has 0 bridgehead atoms. The molecule has 0 radical (unpaired) electrons. The number of aliphatic hydroxyl groups excluding tert-OH is 7. The van der Waals surface area contributed by atoms with Crippen molar-refractivity contribution in [2.45, 2.75) is 55.0 Å². The van der Waals surface area contributed by atoms with E-state index >= 15 is 0 Å². The topological polar surface area (TPSA) is 172 Å². The molecule has 24 heavy (non-hydrogen) atoms. The Kier molecular flexibility index (Phi) is 6.67. The first-order valence-corrected chi connectivity index (χ1v) is 7.62. The van der Waals surface area contributed by atoms with Gasteiger partial charge in [0, 0.05) is 7.11 Å². The van der Waals surface area contributed by atoms with Gasteiger partial charge in [-0.05, 0) is 5.57 Å². The molecule has 9 atom stereocenters. The van der Waals surface area contributed by atoms with Crippen LogP contribution in [0.25, 0.3) is 0 Å². The smallest absolute Gasteiger partial charge is 0.186 e. The molecule has 8 N–H and O–H groups in total. The van der Waals surface area contributed by atoms with Crippen molar-refractivity contribution in [2.24, 2.45) is 0 Å². The van der Waals surface area contributed by atoms with Crippen LogP contribution in [0.15, 0.2) is 11.6 Å². The van der Waals surface area contributed by atoms with E-state index in [0.29, 0.717) is 0 Å². The quantitative estimate of drug-likeness (QED) is 0.225. The monoisotopic (exact) mass is 351 g/mol. The second-order valence-electron chi connectivity index (χ2n) is 5.99. The lowest BCUT2D eigenvalue weighted by atomic mass is 9.86. The van der Waals surface area contributed by atoms with E-state index in [0.717, 1.165) is 0 Å². The van der Waals surface area contributed by atoms with Gasteiger partial charge in [-0.25, -0.2) is 0 Å². The summed E-state index contributed by atoms with van der Waals surface area (Å²) in [5.74, 6) is 0. The second-order valence-corrected chi connectivity index (χ2v) is 5.99. The van der Waals surface area contributed by atoms with Crippen LogP contribution >= 0.6 is 0 Å². The third-order valence-corrected chi connectivity index (χ3v) is 4.50. The van der Waals surface area contributed by atoms with E-state index in [2.05, 4.69) is 5.32 Å². The zero-order valence-electron chi connectivity index (χ0n) is 13.1. The van der Waals surface area contributed by atoms with E-state index in [4.69, 9.17) is 9.47 Å². The number of ether oxygens (including phenoxy) is 2. The molecule has 1 aliphatic carbocycles. The molecule has 140 valence electrons. The standard InChI is InChI=1S/C14H25NO9/c1-23-14-13(22)11(20)8(7(4-17)24-14)15-6-2-5(3-16)9(18)12(21)10(6)19/h2,6-22H,3-4H2,1H3/t6?,7-,8?,9-,10-,11+,12?,13+,14?/m1/s1. The molecule has 2 rings (SSSR count). The maximum atomic E-state index is 10.3. The summed E-state index contributed by atoms with van der Waals surface area (Å²) in [7, 11) is 1.28. The van der Waals surface area contributed by atoms with Gasteiger partial charge in [-0.2, -0.15) is 0 Å². The first-order chi connectivity index (χ1) is 11.3. The highest BCUT2D eigenvalue weighted by Crippen LogP contribution is 2.25. The molecule has 0 aromatic carbocycles. The van der Waals surface area contributed by atoms with Crippen molar-refractivity contribution in [1.82, 2.24) is 5.32 Å². The summed E-state index contributed by atoms with van der Waals surface area (Å²) in [6, 6.07) is -1.94. The second kappa shape index (κ2) is 8.15. The van der Waals surface area contributed by atoms with E-state index in [1.807, 2.05) is 0 Å². The summed E-state index contributed by atoms with van der Waals surface area (Å²) in [5, 5.41) is 71.4. The van der Waals surface area contributed by atoms with Gasteiger partial charge in [0.1, 0.15) is 36.6 Å². The van der Waals surface area contributed by atoms with Crippen LogP contribution in [-0.2, 0) is 9.47 Å². The van der Waals surface area contributed by atoms with Gasteiger partial charge in [0.15, 0.2) is 6.29 Å². The Balaban J connectivity index is 2.19. The van der Waals surface area contributed by atoms with E-state index in [1.54, 1.807) is 0 Å². The summed E-state index contributed by atoms with van der Waals surface area (Å²) in [6.45, 7) is -1.02. The molecule has 2 aliphatic rings. The van der Waals surface area contributed by atoms with Gasteiger partial charge >= 0.3 is 0 Å². The third kappa shape index (κ3) is 3.63. The van der Waals surface area contributed by atoms with E-state index < -0.39 is 68.2 Å². The van der Waals surface area contributed by atoms with Crippen LogP contribution in [0.4, 0.5) is 0 Å². The van der Waals surface area contributed by atoms with Crippen molar-refractivity contribution < 1.29 is 45.2 Å². The molecule has 0 amide bonds. The van der Waals surface area contributed by atoms with Gasteiger partial charge in [0.05, 0.1) is 25.3 Å². The number of aliphatic hydroxyl groups is 7. The van der Waals surface area contributed by atoms with Gasteiger partial charge < -0.3 is 50.5 Å². The van der Waals surface area contributed by atoms with Crippen molar-refractivity contribution in [1.29, 1.82) is 0 Å². The molecule has 4 unspecified atom stereocenters. The SMILES string of the molecule is COC1O[C@H](CO)C(NC2C=C(CO)[C@@H](O)C(O)[C@@H]2O)[C@H](O)[C@@H]1O. The Morgan fingerprint density at radius 3 is 2.25 bits per heavy atom. The van der Waals surface area contributed by atoms with Gasteiger partial charge in [0.25, 0.3) is 0 Å². The molecule has 1 aliphatic heterocycles. The van der Waals surface area contributed by atoms with Crippen LogP contribution in [0.1, 0.15) is 0 Å². The van der Waals surface area contributed by atoms with Crippen molar-refractivity contribution in [3.05, 3.63) is 11.6 Å². The molecule has 0 aromatic heterocycles.